The summed E-state index contributed by atoms with van der Waals surface area (Å²) in [6, 6.07) is -0.0949. The van der Waals surface area contributed by atoms with Gasteiger partial charge in [-0.3, -0.25) is 4.68 Å². The number of aryl methyl sites for hydroxylation is 1. The minimum atomic E-state index is -0.0949. The Bertz CT molecular complexity index is 333. The maximum atomic E-state index is 6.21. The van der Waals surface area contributed by atoms with Crippen molar-refractivity contribution < 1.29 is 4.74 Å². The van der Waals surface area contributed by atoms with Crippen LogP contribution in [-0.4, -0.2) is 22.5 Å². The molecule has 5 heteroatoms. The largest absolute Gasteiger partial charge is 0.378 e. The summed E-state index contributed by atoms with van der Waals surface area (Å²) in [6.07, 6.45) is 2.83. The van der Waals surface area contributed by atoms with Crippen LogP contribution in [0.5, 0.6) is 0 Å². The number of nitrogens with zero attached hydrogens (tertiary/aromatic N) is 2. The highest BCUT2D eigenvalue weighted by molar-refractivity contribution is 6.31. The van der Waals surface area contributed by atoms with Crippen LogP contribution in [0.2, 0.25) is 5.02 Å². The fraction of sp³-hybridized carbons (Fsp3) is 0.700. The molecule has 1 aromatic rings. The van der Waals surface area contributed by atoms with Crippen molar-refractivity contribution in [1.29, 1.82) is 0 Å². The summed E-state index contributed by atoms with van der Waals surface area (Å²) < 4.78 is 7.26. The van der Waals surface area contributed by atoms with Crippen molar-refractivity contribution in [1.82, 2.24) is 9.78 Å². The lowest BCUT2D eigenvalue weighted by molar-refractivity contribution is 0.0988. The molecule has 84 valence electrons. The molecule has 0 spiro atoms. The Kier molecular flexibility index (Phi) is 3.00. The highest BCUT2D eigenvalue weighted by atomic mass is 35.5. The van der Waals surface area contributed by atoms with Crippen LogP contribution < -0.4 is 5.73 Å². The normalized spacial score (nSPS) is 28.3. The maximum Gasteiger partial charge on any atom is 0.0834 e. The molecular weight excluding hydrogens is 214 g/mol. The Morgan fingerprint density at radius 2 is 2.47 bits per heavy atom. The van der Waals surface area contributed by atoms with Crippen LogP contribution in [0.25, 0.3) is 0 Å². The van der Waals surface area contributed by atoms with Gasteiger partial charge in [0.15, 0.2) is 0 Å². The van der Waals surface area contributed by atoms with E-state index in [1.165, 1.54) is 0 Å². The molecule has 0 amide bonds. The second-order valence-electron chi connectivity index (χ2n) is 4.06. The van der Waals surface area contributed by atoms with Crippen molar-refractivity contribution in [2.75, 3.05) is 6.61 Å². The summed E-state index contributed by atoms with van der Waals surface area (Å²) in [5.41, 5.74) is 7.11. The lowest BCUT2D eigenvalue weighted by Crippen LogP contribution is -2.28. The monoisotopic (exact) mass is 229 g/mol. The van der Waals surface area contributed by atoms with Crippen LogP contribution in [0.1, 0.15) is 25.1 Å². The minimum Gasteiger partial charge on any atom is -0.378 e. The van der Waals surface area contributed by atoms with Gasteiger partial charge in [-0.15, -0.1) is 0 Å². The van der Waals surface area contributed by atoms with Gasteiger partial charge in [0.1, 0.15) is 0 Å². The van der Waals surface area contributed by atoms with Gasteiger partial charge in [-0.2, -0.15) is 5.10 Å². The van der Waals surface area contributed by atoms with Gasteiger partial charge >= 0.3 is 0 Å². The SMILES string of the molecule is CC1OCCC1C(N)c1c(Cl)cnn1C. The van der Waals surface area contributed by atoms with Crippen LogP contribution in [-0.2, 0) is 11.8 Å². The summed E-state index contributed by atoms with van der Waals surface area (Å²) in [5.74, 6) is 0.331. The Morgan fingerprint density at radius 1 is 1.73 bits per heavy atom. The van der Waals surface area contributed by atoms with Crippen LogP contribution >= 0.6 is 11.6 Å². The van der Waals surface area contributed by atoms with E-state index in [4.69, 9.17) is 22.1 Å². The Hall–Kier alpha value is -0.580. The number of ether oxygens (including phenoxy) is 1. The van der Waals surface area contributed by atoms with Crippen molar-refractivity contribution >= 4 is 11.6 Å². The fourth-order valence-electron chi connectivity index (χ4n) is 2.22. The molecule has 0 bridgehead atoms. The molecular formula is C10H16ClN3O. The van der Waals surface area contributed by atoms with Gasteiger partial charge in [0.05, 0.1) is 29.1 Å². The second kappa shape index (κ2) is 4.12. The lowest BCUT2D eigenvalue weighted by atomic mass is 9.92. The van der Waals surface area contributed by atoms with E-state index in [0.29, 0.717) is 10.9 Å². The molecule has 2 heterocycles. The molecule has 0 saturated carbocycles. The molecule has 4 nitrogen and oxygen atoms in total. The molecule has 2 rings (SSSR count). The predicted molar refractivity (Wildman–Crippen MR) is 58.7 cm³/mol. The number of hydrogen-bond acceptors (Lipinski definition) is 3. The van der Waals surface area contributed by atoms with Gasteiger partial charge in [0.2, 0.25) is 0 Å². The second-order valence-corrected chi connectivity index (χ2v) is 4.46. The minimum absolute atomic E-state index is 0.0949. The molecule has 0 aliphatic carbocycles. The van der Waals surface area contributed by atoms with E-state index in [2.05, 4.69) is 12.0 Å². The number of halogens is 1. The van der Waals surface area contributed by atoms with Gasteiger partial charge in [-0.25, -0.2) is 0 Å². The molecule has 0 aromatic carbocycles. The maximum absolute atomic E-state index is 6.21. The zero-order valence-electron chi connectivity index (χ0n) is 8.98. The highest BCUT2D eigenvalue weighted by Gasteiger charge is 2.33. The third kappa shape index (κ3) is 1.89. The summed E-state index contributed by atoms with van der Waals surface area (Å²) >= 11 is 6.06. The van der Waals surface area contributed by atoms with Crippen molar-refractivity contribution in [3.63, 3.8) is 0 Å². The van der Waals surface area contributed by atoms with E-state index in [-0.39, 0.29) is 12.1 Å². The summed E-state index contributed by atoms with van der Waals surface area (Å²) in [6.45, 7) is 2.84. The van der Waals surface area contributed by atoms with Crippen molar-refractivity contribution in [3.05, 3.63) is 16.9 Å². The van der Waals surface area contributed by atoms with Gasteiger partial charge in [0, 0.05) is 19.6 Å². The van der Waals surface area contributed by atoms with Crippen molar-refractivity contribution in [3.8, 4) is 0 Å². The number of hydrogen-bond donors (Lipinski definition) is 1. The van der Waals surface area contributed by atoms with Gasteiger partial charge in [-0.1, -0.05) is 11.6 Å². The van der Waals surface area contributed by atoms with Crippen molar-refractivity contribution in [2.24, 2.45) is 18.7 Å². The molecule has 3 unspecified atom stereocenters. The third-order valence-corrected chi connectivity index (χ3v) is 3.44. The van der Waals surface area contributed by atoms with Gasteiger partial charge in [-0.05, 0) is 13.3 Å². The average molecular weight is 230 g/mol. The zero-order chi connectivity index (χ0) is 11.0. The van der Waals surface area contributed by atoms with E-state index < -0.39 is 0 Å². The van der Waals surface area contributed by atoms with Crippen LogP contribution in [0.3, 0.4) is 0 Å². The number of rotatable bonds is 2. The number of nitrogens with two attached hydrogens (primary N) is 1. The molecule has 3 atom stereocenters. The fourth-order valence-corrected chi connectivity index (χ4v) is 2.51. The van der Waals surface area contributed by atoms with Crippen molar-refractivity contribution in [2.45, 2.75) is 25.5 Å². The first kappa shape index (κ1) is 10.9. The van der Waals surface area contributed by atoms with Gasteiger partial charge < -0.3 is 10.5 Å². The number of aromatic nitrogens is 2. The lowest BCUT2D eigenvalue weighted by Gasteiger charge is -2.22. The summed E-state index contributed by atoms with van der Waals surface area (Å²) in [7, 11) is 1.86. The quantitative estimate of drug-likeness (QED) is 0.836. The Morgan fingerprint density at radius 3 is 2.93 bits per heavy atom. The van der Waals surface area contributed by atoms with Crippen LogP contribution in [0.4, 0.5) is 0 Å². The first-order valence-electron chi connectivity index (χ1n) is 5.16. The third-order valence-electron chi connectivity index (χ3n) is 3.15. The summed E-state index contributed by atoms with van der Waals surface area (Å²) in [4.78, 5) is 0. The molecule has 1 aliphatic rings. The first-order chi connectivity index (χ1) is 7.11. The molecule has 0 radical (unpaired) electrons. The molecule has 2 N–H and O–H groups in total. The Balaban J connectivity index is 2.23. The van der Waals surface area contributed by atoms with Crippen LogP contribution in [0.15, 0.2) is 6.20 Å². The average Bonchev–Trinajstić information content (AvgIpc) is 2.73. The van der Waals surface area contributed by atoms with E-state index in [1.807, 2.05) is 7.05 Å². The van der Waals surface area contributed by atoms with Gasteiger partial charge in [0.25, 0.3) is 0 Å². The topological polar surface area (TPSA) is 53.1 Å². The highest BCUT2D eigenvalue weighted by Crippen LogP contribution is 2.34. The summed E-state index contributed by atoms with van der Waals surface area (Å²) in [5, 5.41) is 4.74. The predicted octanol–water partition coefficient (Wildman–Crippen LogP) is 1.50. The molecule has 1 saturated heterocycles. The molecule has 1 fully saturated rings. The molecule has 15 heavy (non-hydrogen) atoms. The zero-order valence-corrected chi connectivity index (χ0v) is 9.74. The van der Waals surface area contributed by atoms with Crippen LogP contribution in [0, 0.1) is 5.92 Å². The van der Waals surface area contributed by atoms with E-state index in [9.17, 15) is 0 Å². The van der Waals surface area contributed by atoms with E-state index in [0.717, 1.165) is 18.7 Å². The molecule has 1 aliphatic heterocycles. The Labute approximate surface area is 94.3 Å². The van der Waals surface area contributed by atoms with E-state index in [1.54, 1.807) is 10.9 Å². The standard InChI is InChI=1S/C10H16ClN3O/c1-6-7(3-4-15-6)9(12)10-8(11)5-13-14(10)2/h5-7,9H,3-4,12H2,1-2H3. The first-order valence-corrected chi connectivity index (χ1v) is 5.53. The van der Waals surface area contributed by atoms with E-state index >= 15 is 0 Å². The molecule has 1 aromatic heterocycles. The smallest absolute Gasteiger partial charge is 0.0834 e.